The van der Waals surface area contributed by atoms with E-state index in [4.69, 9.17) is 4.74 Å². The van der Waals surface area contributed by atoms with Gasteiger partial charge in [-0.05, 0) is 77.3 Å². The summed E-state index contributed by atoms with van der Waals surface area (Å²) in [7, 11) is 0. The maximum Gasteiger partial charge on any atom is 0.410 e. The molecule has 1 amide bonds. The molecule has 212 valence electrons. The molecule has 2 fully saturated rings. The summed E-state index contributed by atoms with van der Waals surface area (Å²) >= 11 is 1.76. The van der Waals surface area contributed by atoms with Crippen LogP contribution in [0.4, 0.5) is 16.2 Å². The number of benzene rings is 2. The Morgan fingerprint density at radius 2 is 1.68 bits per heavy atom. The Balaban J connectivity index is 1.08. The number of hydrogen-bond acceptors (Lipinski definition) is 7. The summed E-state index contributed by atoms with van der Waals surface area (Å²) in [6.45, 7) is 7.41. The molecular weight excluding hydrogens is 534 g/mol. The molecule has 0 radical (unpaired) electrons. The SMILES string of the molecule is CC(C)(C)OC(=O)N1CCC[C@H]1c1ncc(-c2ccc3c(c2)Sc2ccc(-c4cnc([C@@H]5CCCN5)[nH]4)cc2N3)[nH]1. The lowest BCUT2D eigenvalue weighted by molar-refractivity contribution is 0.0218. The van der Waals surface area contributed by atoms with E-state index in [-0.39, 0.29) is 12.1 Å². The molecule has 2 aromatic heterocycles. The van der Waals surface area contributed by atoms with Crippen molar-refractivity contribution in [3.8, 4) is 22.5 Å². The maximum atomic E-state index is 12.8. The molecule has 2 atom stereocenters. The van der Waals surface area contributed by atoms with Gasteiger partial charge in [0, 0.05) is 27.5 Å². The smallest absolute Gasteiger partial charge is 0.410 e. The molecule has 4 N–H and O–H groups in total. The van der Waals surface area contributed by atoms with Crippen LogP contribution in [-0.2, 0) is 4.74 Å². The van der Waals surface area contributed by atoms with Gasteiger partial charge in [0.15, 0.2) is 0 Å². The Kier molecular flexibility index (Phi) is 6.54. The van der Waals surface area contributed by atoms with Crippen LogP contribution in [0, 0.1) is 0 Å². The number of hydrogen-bond donors (Lipinski definition) is 4. The topological polar surface area (TPSA) is 111 Å². The summed E-state index contributed by atoms with van der Waals surface area (Å²) < 4.78 is 5.64. The zero-order valence-electron chi connectivity index (χ0n) is 23.6. The molecule has 41 heavy (non-hydrogen) atoms. The van der Waals surface area contributed by atoms with Gasteiger partial charge in [0.05, 0.1) is 47.2 Å². The second kappa shape index (κ2) is 10.3. The number of carbonyl (C=O) groups excluding carboxylic acids is 1. The number of carbonyl (C=O) groups is 1. The molecule has 2 aromatic carbocycles. The summed E-state index contributed by atoms with van der Waals surface area (Å²) in [5.74, 6) is 1.82. The number of rotatable bonds is 4. The van der Waals surface area contributed by atoms with E-state index >= 15 is 0 Å². The first-order chi connectivity index (χ1) is 19.8. The zero-order chi connectivity index (χ0) is 28.1. The lowest BCUT2D eigenvalue weighted by atomic mass is 10.1. The summed E-state index contributed by atoms with van der Waals surface area (Å²) in [6, 6.07) is 13.2. The first-order valence-electron chi connectivity index (χ1n) is 14.4. The minimum absolute atomic E-state index is 0.103. The van der Waals surface area contributed by atoms with E-state index in [1.165, 1.54) is 11.3 Å². The fourth-order valence-electron chi connectivity index (χ4n) is 5.85. The van der Waals surface area contributed by atoms with E-state index in [9.17, 15) is 4.79 Å². The van der Waals surface area contributed by atoms with Gasteiger partial charge in [-0.2, -0.15) is 0 Å². The monoisotopic (exact) mass is 569 g/mol. The quantitative estimate of drug-likeness (QED) is 0.182. The summed E-state index contributed by atoms with van der Waals surface area (Å²) in [5, 5.41) is 7.13. The lowest BCUT2D eigenvalue weighted by Crippen LogP contribution is -2.36. The molecule has 3 aliphatic heterocycles. The molecule has 0 bridgehead atoms. The van der Waals surface area contributed by atoms with E-state index in [1.54, 1.807) is 16.7 Å². The summed E-state index contributed by atoms with van der Waals surface area (Å²) in [6.07, 6.45) is 7.63. The van der Waals surface area contributed by atoms with Gasteiger partial charge in [0.25, 0.3) is 0 Å². The predicted molar refractivity (Wildman–Crippen MR) is 160 cm³/mol. The van der Waals surface area contributed by atoms with Gasteiger partial charge in [-0.3, -0.25) is 4.90 Å². The number of fused-ring (bicyclic) bond motifs is 2. The third-order valence-electron chi connectivity index (χ3n) is 7.85. The van der Waals surface area contributed by atoms with Crippen LogP contribution in [0.3, 0.4) is 0 Å². The Morgan fingerprint density at radius 1 is 0.927 bits per heavy atom. The highest BCUT2D eigenvalue weighted by Crippen LogP contribution is 2.46. The summed E-state index contributed by atoms with van der Waals surface area (Å²) in [5.41, 5.74) is 5.79. The standard InChI is InChI=1S/C31H35N7O2S/c1-31(2,3)40-30(39)38-13-5-7-25(38)29-34-17-24(37-29)19-8-10-20-27(15-19)41-26-11-9-18(14-22(26)35-20)23-16-33-28(36-23)21-6-4-12-32-21/h8-11,14-17,21,25,32,35H,4-7,12-13H2,1-3H3,(H,33,36)(H,34,37)/t21-,25-/m0/s1. The Morgan fingerprint density at radius 3 is 2.46 bits per heavy atom. The predicted octanol–water partition coefficient (Wildman–Crippen LogP) is 7.17. The minimum Gasteiger partial charge on any atom is -0.444 e. The molecule has 7 rings (SSSR count). The lowest BCUT2D eigenvalue weighted by Gasteiger charge is -2.27. The second-order valence-corrected chi connectivity index (χ2v) is 13.1. The number of ether oxygens (including phenoxy) is 1. The molecule has 4 aromatic rings. The van der Waals surface area contributed by atoms with Crippen molar-refractivity contribution in [2.45, 2.75) is 73.9 Å². The molecule has 0 saturated carbocycles. The number of nitrogens with zero attached hydrogens (tertiary/aromatic N) is 3. The Bertz CT molecular complexity index is 1600. The van der Waals surface area contributed by atoms with E-state index in [0.717, 1.165) is 76.2 Å². The van der Waals surface area contributed by atoms with Crippen LogP contribution in [0.2, 0.25) is 0 Å². The van der Waals surface area contributed by atoms with Crippen LogP contribution >= 0.6 is 11.8 Å². The van der Waals surface area contributed by atoms with Crippen molar-refractivity contribution in [3.05, 3.63) is 60.4 Å². The fourth-order valence-corrected chi connectivity index (χ4v) is 6.85. The van der Waals surface area contributed by atoms with Crippen LogP contribution in [0.1, 0.15) is 70.2 Å². The third-order valence-corrected chi connectivity index (χ3v) is 8.98. The van der Waals surface area contributed by atoms with E-state index in [0.29, 0.717) is 12.6 Å². The number of imidazole rings is 2. The highest BCUT2D eigenvalue weighted by Gasteiger charge is 2.35. The Hall–Kier alpha value is -3.76. The van der Waals surface area contributed by atoms with Crippen molar-refractivity contribution >= 4 is 29.2 Å². The van der Waals surface area contributed by atoms with E-state index < -0.39 is 5.60 Å². The molecule has 0 unspecified atom stereocenters. The molecule has 2 saturated heterocycles. The average Bonchev–Trinajstić information content (AvgIpc) is 3.76. The van der Waals surface area contributed by atoms with Crippen molar-refractivity contribution in [1.82, 2.24) is 30.2 Å². The molecule has 0 aliphatic carbocycles. The first-order valence-corrected chi connectivity index (χ1v) is 15.2. The van der Waals surface area contributed by atoms with Crippen molar-refractivity contribution in [3.63, 3.8) is 0 Å². The minimum atomic E-state index is -0.525. The fraction of sp³-hybridized carbons (Fsp3) is 0.387. The number of nitrogens with one attached hydrogen (secondary N) is 4. The average molecular weight is 570 g/mol. The number of anilines is 2. The molecular formula is C31H35N7O2S. The van der Waals surface area contributed by atoms with Crippen LogP contribution in [0.25, 0.3) is 22.5 Å². The molecule has 3 aliphatic rings. The number of amides is 1. The number of likely N-dealkylation sites (tertiary alicyclic amines) is 1. The Labute approximate surface area is 243 Å². The van der Waals surface area contributed by atoms with Crippen LogP contribution < -0.4 is 10.6 Å². The van der Waals surface area contributed by atoms with Crippen LogP contribution in [0.15, 0.2) is 58.6 Å². The van der Waals surface area contributed by atoms with Crippen molar-refractivity contribution in [2.24, 2.45) is 0 Å². The van der Waals surface area contributed by atoms with Crippen molar-refractivity contribution < 1.29 is 9.53 Å². The highest BCUT2D eigenvalue weighted by molar-refractivity contribution is 7.99. The van der Waals surface area contributed by atoms with Gasteiger partial charge in [0.2, 0.25) is 0 Å². The largest absolute Gasteiger partial charge is 0.444 e. The van der Waals surface area contributed by atoms with Gasteiger partial charge in [-0.15, -0.1) is 0 Å². The number of H-pyrrole nitrogens is 2. The van der Waals surface area contributed by atoms with Crippen molar-refractivity contribution in [1.29, 1.82) is 0 Å². The normalized spacial score (nSPS) is 20.0. The van der Waals surface area contributed by atoms with Gasteiger partial charge >= 0.3 is 6.09 Å². The van der Waals surface area contributed by atoms with Gasteiger partial charge in [-0.1, -0.05) is 23.9 Å². The number of aromatic amines is 2. The highest BCUT2D eigenvalue weighted by atomic mass is 32.2. The molecule has 9 nitrogen and oxygen atoms in total. The van der Waals surface area contributed by atoms with Gasteiger partial charge in [0.1, 0.15) is 17.2 Å². The van der Waals surface area contributed by atoms with Crippen molar-refractivity contribution in [2.75, 3.05) is 18.4 Å². The molecule has 5 heterocycles. The third kappa shape index (κ3) is 5.22. The number of aromatic nitrogens is 4. The summed E-state index contributed by atoms with van der Waals surface area (Å²) in [4.78, 5) is 33.2. The maximum absolute atomic E-state index is 12.8. The first kappa shape index (κ1) is 26.2. The van der Waals surface area contributed by atoms with Gasteiger partial charge in [-0.25, -0.2) is 14.8 Å². The van der Waals surface area contributed by atoms with Crippen LogP contribution in [-0.4, -0.2) is 49.6 Å². The van der Waals surface area contributed by atoms with E-state index in [2.05, 4.69) is 67.0 Å². The van der Waals surface area contributed by atoms with Crippen LogP contribution in [0.5, 0.6) is 0 Å². The zero-order valence-corrected chi connectivity index (χ0v) is 24.4. The van der Waals surface area contributed by atoms with Gasteiger partial charge < -0.3 is 25.3 Å². The molecule has 0 spiro atoms. The molecule has 10 heteroatoms. The second-order valence-electron chi connectivity index (χ2n) is 12.0. The van der Waals surface area contributed by atoms with E-state index in [1.807, 2.05) is 33.2 Å².